The van der Waals surface area contributed by atoms with Crippen molar-refractivity contribution < 1.29 is 5.11 Å². The standard InChI is InChI=1S/C9H11Cl2NO/c1-5(13)9(12)6-2-3-7(10)8(11)4-6/h2-5,9,13H,12H2,1H3/t5-,9-/m0/s1. The van der Waals surface area contributed by atoms with Crippen molar-refractivity contribution in [3.8, 4) is 0 Å². The Kier molecular flexibility index (Phi) is 3.56. The number of halogens is 2. The highest BCUT2D eigenvalue weighted by Gasteiger charge is 2.12. The summed E-state index contributed by atoms with van der Waals surface area (Å²) in [5.74, 6) is 0. The van der Waals surface area contributed by atoms with Crippen molar-refractivity contribution in [3.63, 3.8) is 0 Å². The Hall–Kier alpha value is -0.280. The minimum absolute atomic E-state index is 0.422. The topological polar surface area (TPSA) is 46.2 Å². The Morgan fingerprint density at radius 1 is 1.31 bits per heavy atom. The Labute approximate surface area is 87.3 Å². The van der Waals surface area contributed by atoms with Gasteiger partial charge in [-0.3, -0.25) is 0 Å². The van der Waals surface area contributed by atoms with Crippen molar-refractivity contribution in [1.29, 1.82) is 0 Å². The summed E-state index contributed by atoms with van der Waals surface area (Å²) in [5.41, 5.74) is 6.49. The molecule has 1 aromatic carbocycles. The highest BCUT2D eigenvalue weighted by molar-refractivity contribution is 6.42. The van der Waals surface area contributed by atoms with E-state index in [0.717, 1.165) is 5.56 Å². The van der Waals surface area contributed by atoms with Crippen LogP contribution in [-0.2, 0) is 0 Å². The summed E-state index contributed by atoms with van der Waals surface area (Å²) in [6.07, 6.45) is -0.600. The second-order valence-electron chi connectivity index (χ2n) is 2.94. The van der Waals surface area contributed by atoms with Gasteiger partial charge in [0.1, 0.15) is 0 Å². The summed E-state index contributed by atoms with van der Waals surface area (Å²) < 4.78 is 0. The van der Waals surface area contributed by atoms with Gasteiger partial charge in [-0.1, -0.05) is 29.3 Å². The first-order chi connectivity index (χ1) is 6.02. The maximum Gasteiger partial charge on any atom is 0.0704 e. The minimum Gasteiger partial charge on any atom is -0.391 e. The molecule has 4 heteroatoms. The predicted molar refractivity (Wildman–Crippen MR) is 55.1 cm³/mol. The van der Waals surface area contributed by atoms with E-state index in [1.807, 2.05) is 0 Å². The number of hydrogen-bond donors (Lipinski definition) is 2. The lowest BCUT2D eigenvalue weighted by molar-refractivity contribution is 0.164. The average Bonchev–Trinajstić information content (AvgIpc) is 2.08. The first-order valence-corrected chi connectivity index (χ1v) is 4.66. The van der Waals surface area contributed by atoms with Gasteiger partial charge in [-0.2, -0.15) is 0 Å². The van der Waals surface area contributed by atoms with Gasteiger partial charge in [0.25, 0.3) is 0 Å². The fraction of sp³-hybridized carbons (Fsp3) is 0.333. The molecule has 0 fully saturated rings. The molecule has 0 bridgehead atoms. The molecule has 0 aromatic heterocycles. The summed E-state index contributed by atoms with van der Waals surface area (Å²) in [5, 5.41) is 10.2. The molecule has 72 valence electrons. The van der Waals surface area contributed by atoms with E-state index in [9.17, 15) is 5.11 Å². The Balaban J connectivity index is 2.97. The van der Waals surface area contributed by atoms with Gasteiger partial charge in [0, 0.05) is 0 Å². The molecule has 0 unspecified atom stereocenters. The molecule has 13 heavy (non-hydrogen) atoms. The van der Waals surface area contributed by atoms with Gasteiger partial charge in [-0.05, 0) is 24.6 Å². The van der Waals surface area contributed by atoms with Gasteiger partial charge in [-0.25, -0.2) is 0 Å². The molecule has 0 heterocycles. The van der Waals surface area contributed by atoms with E-state index in [2.05, 4.69) is 0 Å². The van der Waals surface area contributed by atoms with Crippen molar-refractivity contribution in [3.05, 3.63) is 33.8 Å². The molecular weight excluding hydrogens is 209 g/mol. The first kappa shape index (κ1) is 10.8. The van der Waals surface area contributed by atoms with E-state index in [-0.39, 0.29) is 0 Å². The SMILES string of the molecule is C[C@H](O)[C@H](N)c1ccc(Cl)c(Cl)c1. The summed E-state index contributed by atoms with van der Waals surface area (Å²) in [6, 6.07) is 4.67. The van der Waals surface area contributed by atoms with Crippen LogP contribution in [0.4, 0.5) is 0 Å². The van der Waals surface area contributed by atoms with Crippen LogP contribution in [0.5, 0.6) is 0 Å². The van der Waals surface area contributed by atoms with Crippen molar-refractivity contribution >= 4 is 23.2 Å². The third kappa shape index (κ3) is 2.58. The molecule has 0 saturated heterocycles. The molecule has 0 aliphatic rings. The largest absolute Gasteiger partial charge is 0.391 e. The molecule has 1 aromatic rings. The van der Waals surface area contributed by atoms with Crippen LogP contribution in [0.25, 0.3) is 0 Å². The monoisotopic (exact) mass is 219 g/mol. The van der Waals surface area contributed by atoms with Gasteiger partial charge in [0.15, 0.2) is 0 Å². The summed E-state index contributed by atoms with van der Waals surface area (Å²) >= 11 is 11.5. The number of rotatable bonds is 2. The number of hydrogen-bond acceptors (Lipinski definition) is 2. The van der Waals surface area contributed by atoms with Crippen LogP contribution in [0.15, 0.2) is 18.2 Å². The van der Waals surface area contributed by atoms with Crippen molar-refractivity contribution in [2.75, 3.05) is 0 Å². The fourth-order valence-electron chi connectivity index (χ4n) is 0.998. The number of aliphatic hydroxyl groups excluding tert-OH is 1. The van der Waals surface area contributed by atoms with E-state index in [0.29, 0.717) is 10.0 Å². The number of nitrogens with two attached hydrogens (primary N) is 1. The van der Waals surface area contributed by atoms with Crippen molar-refractivity contribution in [2.24, 2.45) is 5.73 Å². The van der Waals surface area contributed by atoms with Crippen molar-refractivity contribution in [1.82, 2.24) is 0 Å². The highest BCUT2D eigenvalue weighted by Crippen LogP contribution is 2.25. The summed E-state index contributed by atoms with van der Waals surface area (Å²) in [4.78, 5) is 0. The molecule has 0 radical (unpaired) electrons. The maximum atomic E-state index is 9.23. The lowest BCUT2D eigenvalue weighted by atomic mass is 10.0. The normalized spacial score (nSPS) is 15.5. The van der Waals surface area contributed by atoms with Crippen LogP contribution in [-0.4, -0.2) is 11.2 Å². The molecule has 3 N–H and O–H groups in total. The first-order valence-electron chi connectivity index (χ1n) is 3.91. The predicted octanol–water partition coefficient (Wildman–Crippen LogP) is 2.37. The summed E-state index contributed by atoms with van der Waals surface area (Å²) in [7, 11) is 0. The van der Waals surface area contributed by atoms with Gasteiger partial charge < -0.3 is 10.8 Å². The zero-order valence-electron chi connectivity index (χ0n) is 7.17. The number of aliphatic hydroxyl groups is 1. The van der Waals surface area contributed by atoms with E-state index in [4.69, 9.17) is 28.9 Å². The zero-order valence-corrected chi connectivity index (χ0v) is 8.68. The van der Waals surface area contributed by atoms with E-state index in [1.165, 1.54) is 0 Å². The van der Waals surface area contributed by atoms with Gasteiger partial charge in [-0.15, -0.1) is 0 Å². The van der Waals surface area contributed by atoms with E-state index >= 15 is 0 Å². The van der Waals surface area contributed by atoms with Crippen LogP contribution in [0.3, 0.4) is 0 Å². The Morgan fingerprint density at radius 3 is 2.38 bits per heavy atom. The molecular formula is C9H11Cl2NO. The smallest absolute Gasteiger partial charge is 0.0704 e. The average molecular weight is 220 g/mol. The lowest BCUT2D eigenvalue weighted by Gasteiger charge is -2.15. The molecule has 2 nitrogen and oxygen atoms in total. The van der Waals surface area contributed by atoms with Gasteiger partial charge in [0.05, 0.1) is 22.2 Å². The maximum absolute atomic E-state index is 9.23. The molecule has 2 atom stereocenters. The highest BCUT2D eigenvalue weighted by atomic mass is 35.5. The summed E-state index contributed by atoms with van der Waals surface area (Å²) in [6.45, 7) is 1.63. The van der Waals surface area contributed by atoms with Gasteiger partial charge >= 0.3 is 0 Å². The Morgan fingerprint density at radius 2 is 1.92 bits per heavy atom. The number of benzene rings is 1. The van der Waals surface area contributed by atoms with Crippen LogP contribution < -0.4 is 5.73 Å². The molecule has 0 aliphatic heterocycles. The van der Waals surface area contributed by atoms with Gasteiger partial charge in [0.2, 0.25) is 0 Å². The van der Waals surface area contributed by atoms with Crippen LogP contribution in [0.2, 0.25) is 10.0 Å². The second kappa shape index (κ2) is 4.29. The fourth-order valence-corrected chi connectivity index (χ4v) is 1.30. The quantitative estimate of drug-likeness (QED) is 0.803. The Bertz CT molecular complexity index is 302. The molecule has 0 spiro atoms. The lowest BCUT2D eigenvalue weighted by Crippen LogP contribution is -2.22. The minimum atomic E-state index is -0.600. The van der Waals surface area contributed by atoms with Crippen molar-refractivity contribution in [2.45, 2.75) is 19.1 Å². The van der Waals surface area contributed by atoms with E-state index < -0.39 is 12.1 Å². The van der Waals surface area contributed by atoms with Crippen LogP contribution in [0, 0.1) is 0 Å². The molecule has 0 amide bonds. The molecule has 0 saturated carbocycles. The van der Waals surface area contributed by atoms with Crippen LogP contribution in [0.1, 0.15) is 18.5 Å². The second-order valence-corrected chi connectivity index (χ2v) is 3.75. The molecule has 0 aliphatic carbocycles. The van der Waals surface area contributed by atoms with Crippen LogP contribution >= 0.6 is 23.2 Å². The zero-order chi connectivity index (χ0) is 10.0. The van der Waals surface area contributed by atoms with E-state index in [1.54, 1.807) is 25.1 Å². The third-order valence-electron chi connectivity index (χ3n) is 1.85. The third-order valence-corrected chi connectivity index (χ3v) is 2.59. The molecule has 1 rings (SSSR count).